The predicted octanol–water partition coefficient (Wildman–Crippen LogP) is 5.02. The van der Waals surface area contributed by atoms with Gasteiger partial charge in [0, 0.05) is 18.3 Å². The van der Waals surface area contributed by atoms with E-state index in [0.29, 0.717) is 10.6 Å². The summed E-state index contributed by atoms with van der Waals surface area (Å²) >= 11 is 1.33. The molecule has 2 aromatic carbocycles. The van der Waals surface area contributed by atoms with Crippen molar-refractivity contribution < 1.29 is 55.3 Å². The van der Waals surface area contributed by atoms with Crippen LogP contribution in [0.1, 0.15) is 15.4 Å². The summed E-state index contributed by atoms with van der Waals surface area (Å²) in [6, 6.07) is 12.0. The highest BCUT2D eigenvalue weighted by Gasteiger charge is 2.38. The quantitative estimate of drug-likeness (QED) is 0.248. The number of benzene rings is 2. The normalized spacial score (nSPS) is 11.1. The molecule has 39 heavy (non-hydrogen) atoms. The number of aromatic nitrogens is 3. The molecule has 9 nitrogen and oxygen atoms in total. The van der Waals surface area contributed by atoms with E-state index in [4.69, 9.17) is 19.8 Å². The van der Waals surface area contributed by atoms with Crippen LogP contribution in [-0.2, 0) is 16.1 Å². The van der Waals surface area contributed by atoms with Crippen molar-refractivity contribution in [1.29, 1.82) is 0 Å². The van der Waals surface area contributed by atoms with Gasteiger partial charge >= 0.3 is 24.3 Å². The Morgan fingerprint density at radius 3 is 2.05 bits per heavy atom. The molecule has 0 saturated heterocycles. The number of nitrogens with zero attached hydrogens (tertiary/aromatic N) is 2. The molecule has 0 aliphatic rings. The summed E-state index contributed by atoms with van der Waals surface area (Å²) in [7, 11) is 0. The van der Waals surface area contributed by atoms with E-state index < -0.39 is 24.3 Å². The summed E-state index contributed by atoms with van der Waals surface area (Å²) in [5.41, 5.74) is 3.47. The number of H-pyrrole nitrogens is 1. The lowest BCUT2D eigenvalue weighted by molar-refractivity contribution is -0.193. The third-order valence-corrected chi connectivity index (χ3v) is 5.26. The first kappa shape index (κ1) is 30.7. The molecule has 0 spiro atoms. The first-order valence-electron chi connectivity index (χ1n) is 10.1. The fourth-order valence-electron chi connectivity index (χ4n) is 2.51. The molecule has 4 N–H and O–H groups in total. The lowest BCUT2D eigenvalue weighted by Crippen LogP contribution is -2.22. The van der Waals surface area contributed by atoms with Crippen molar-refractivity contribution >= 4 is 39.4 Å². The van der Waals surface area contributed by atoms with Gasteiger partial charge in [-0.05, 0) is 35.4 Å². The number of carboxylic acid groups (broad SMARTS) is 2. The first-order chi connectivity index (χ1) is 18.1. The van der Waals surface area contributed by atoms with E-state index in [-0.39, 0.29) is 18.3 Å². The minimum Gasteiger partial charge on any atom is -0.475 e. The van der Waals surface area contributed by atoms with Gasteiger partial charge in [0.2, 0.25) is 0 Å². The molecule has 2 heterocycles. The Hall–Kier alpha value is -4.54. The highest BCUT2D eigenvalue weighted by molar-refractivity contribution is 7.20. The number of alkyl halides is 6. The molecule has 4 rings (SSSR count). The largest absolute Gasteiger partial charge is 0.490 e. The lowest BCUT2D eigenvalue weighted by atomic mass is 10.1. The maximum absolute atomic E-state index is 13.2. The molecule has 0 aliphatic heterocycles. The minimum atomic E-state index is -5.08. The highest BCUT2D eigenvalue weighted by Crippen LogP contribution is 2.28. The van der Waals surface area contributed by atoms with Crippen LogP contribution in [0.5, 0.6) is 0 Å². The number of aromatic amines is 1. The molecule has 0 radical (unpaired) electrons. The number of carbonyl (C=O) groups is 3. The van der Waals surface area contributed by atoms with Gasteiger partial charge in [-0.15, -0.1) is 11.3 Å². The fraction of sp³-hybridized carbons (Fsp3) is 0.136. The second-order valence-corrected chi connectivity index (χ2v) is 8.14. The molecule has 0 saturated carbocycles. The zero-order chi connectivity index (χ0) is 29.4. The van der Waals surface area contributed by atoms with E-state index in [9.17, 15) is 35.5 Å². The molecule has 4 aromatic rings. The van der Waals surface area contributed by atoms with Gasteiger partial charge in [0.05, 0.1) is 16.4 Å². The van der Waals surface area contributed by atoms with Crippen LogP contribution in [0.4, 0.5) is 30.7 Å². The fourth-order valence-corrected chi connectivity index (χ4v) is 3.44. The first-order valence-corrected chi connectivity index (χ1v) is 10.9. The van der Waals surface area contributed by atoms with E-state index in [2.05, 4.69) is 20.5 Å². The number of rotatable bonds is 4. The predicted molar refractivity (Wildman–Crippen MR) is 122 cm³/mol. The van der Waals surface area contributed by atoms with Gasteiger partial charge in [-0.3, -0.25) is 9.89 Å². The summed E-state index contributed by atoms with van der Waals surface area (Å²) in [6.45, 7) is 0.257. The summed E-state index contributed by atoms with van der Waals surface area (Å²) in [4.78, 5) is 34.5. The van der Waals surface area contributed by atoms with Crippen LogP contribution >= 0.6 is 11.3 Å². The molecule has 0 fully saturated rings. The summed E-state index contributed by atoms with van der Waals surface area (Å²) in [6.07, 6.45) is -6.61. The van der Waals surface area contributed by atoms with E-state index >= 15 is 0 Å². The number of halogens is 7. The van der Waals surface area contributed by atoms with Crippen LogP contribution in [-0.4, -0.2) is 55.6 Å². The summed E-state index contributed by atoms with van der Waals surface area (Å²) in [5.74, 6) is -6.10. The van der Waals surface area contributed by atoms with Crippen molar-refractivity contribution in [1.82, 2.24) is 20.5 Å². The van der Waals surface area contributed by atoms with E-state index in [1.54, 1.807) is 18.3 Å². The molecular formula is C22H15F7N4O5S. The Morgan fingerprint density at radius 2 is 1.54 bits per heavy atom. The molecule has 2 aromatic heterocycles. The smallest absolute Gasteiger partial charge is 0.475 e. The molecule has 17 heteroatoms. The molecule has 208 valence electrons. The molecule has 1 amide bonds. The number of thiazole rings is 1. The van der Waals surface area contributed by atoms with E-state index in [1.165, 1.54) is 23.5 Å². The van der Waals surface area contributed by atoms with Gasteiger partial charge < -0.3 is 15.5 Å². The number of carboxylic acids is 2. The second-order valence-electron chi connectivity index (χ2n) is 7.11. The van der Waals surface area contributed by atoms with Crippen LogP contribution in [0.15, 0.2) is 54.9 Å². The Balaban J connectivity index is 0.000000317. The van der Waals surface area contributed by atoms with Crippen LogP contribution < -0.4 is 5.32 Å². The number of nitrogens with one attached hydrogen (secondary N) is 2. The van der Waals surface area contributed by atoms with Crippen molar-refractivity contribution in [3.05, 3.63) is 71.2 Å². The van der Waals surface area contributed by atoms with Crippen LogP contribution in [0.25, 0.3) is 21.3 Å². The van der Waals surface area contributed by atoms with Crippen LogP contribution in [0, 0.1) is 5.82 Å². The van der Waals surface area contributed by atoms with Crippen molar-refractivity contribution in [3.8, 4) is 11.1 Å². The Kier molecular flexibility index (Phi) is 10.1. The lowest BCUT2D eigenvalue weighted by Gasteiger charge is -2.03. The summed E-state index contributed by atoms with van der Waals surface area (Å²) < 4.78 is 77.6. The SMILES string of the molecule is O=C(NCc1cccc(F)c1)c1nc2ccc(-c3cn[nH]c3)cc2s1.O=C(O)C(F)(F)F.O=C(O)C(F)(F)F. The van der Waals surface area contributed by atoms with E-state index in [0.717, 1.165) is 21.3 Å². The van der Waals surface area contributed by atoms with Gasteiger partial charge in [0.1, 0.15) is 5.82 Å². The molecular weight excluding hydrogens is 565 g/mol. The summed E-state index contributed by atoms with van der Waals surface area (Å²) in [5, 5.41) is 24.1. The molecule has 0 aliphatic carbocycles. The maximum Gasteiger partial charge on any atom is 0.490 e. The Bertz CT molecular complexity index is 1410. The number of carbonyl (C=O) groups excluding carboxylic acids is 1. The van der Waals surface area contributed by atoms with Gasteiger partial charge in [-0.1, -0.05) is 18.2 Å². The van der Waals surface area contributed by atoms with Crippen molar-refractivity contribution in [2.45, 2.75) is 18.9 Å². The van der Waals surface area contributed by atoms with Crippen LogP contribution in [0.3, 0.4) is 0 Å². The highest BCUT2D eigenvalue weighted by atomic mass is 32.1. The number of aliphatic carboxylic acids is 2. The number of hydrogen-bond donors (Lipinski definition) is 4. The van der Waals surface area contributed by atoms with Gasteiger partial charge in [-0.2, -0.15) is 31.4 Å². The average molecular weight is 580 g/mol. The second kappa shape index (κ2) is 12.8. The number of amides is 1. The van der Waals surface area contributed by atoms with Crippen molar-refractivity contribution in [2.75, 3.05) is 0 Å². The van der Waals surface area contributed by atoms with Crippen LogP contribution in [0.2, 0.25) is 0 Å². The van der Waals surface area contributed by atoms with Crippen molar-refractivity contribution in [3.63, 3.8) is 0 Å². The third kappa shape index (κ3) is 9.69. The van der Waals surface area contributed by atoms with Gasteiger partial charge in [0.15, 0.2) is 5.01 Å². The number of fused-ring (bicyclic) bond motifs is 1. The molecule has 0 unspecified atom stereocenters. The molecule has 0 atom stereocenters. The third-order valence-electron chi connectivity index (χ3n) is 4.24. The standard InChI is InChI=1S/C18H13FN4OS.2C2HF3O2/c19-14-3-1-2-11(6-14)8-20-17(24)18-23-15-5-4-12(7-16(15)25-18)13-9-21-22-10-13;2*3-2(4,5)1(6)7/h1-7,9-10H,8H2,(H,20,24)(H,21,22);2*(H,6,7). The zero-order valence-electron chi connectivity index (χ0n) is 19.0. The average Bonchev–Trinajstić information content (AvgIpc) is 3.52. The Labute approximate surface area is 216 Å². The Morgan fingerprint density at radius 1 is 0.923 bits per heavy atom. The van der Waals surface area contributed by atoms with Gasteiger partial charge in [0.25, 0.3) is 5.91 Å². The monoisotopic (exact) mass is 580 g/mol. The number of hydrogen-bond acceptors (Lipinski definition) is 6. The van der Waals surface area contributed by atoms with Crippen molar-refractivity contribution in [2.24, 2.45) is 0 Å². The van der Waals surface area contributed by atoms with Gasteiger partial charge in [-0.25, -0.2) is 19.0 Å². The topological polar surface area (TPSA) is 145 Å². The molecule has 0 bridgehead atoms. The maximum atomic E-state index is 13.2. The zero-order valence-corrected chi connectivity index (χ0v) is 19.8. The minimum absolute atomic E-state index is 0.257. The van der Waals surface area contributed by atoms with E-state index in [1.807, 2.05) is 24.4 Å².